The molecule has 1 atom stereocenters. The molecule has 0 fully saturated rings. The number of carbonyl (C=O) groups is 2. The van der Waals surface area contributed by atoms with Crippen LogP contribution < -0.4 is 10.2 Å². The Balaban J connectivity index is 1.98. The molecule has 1 N–H and O–H groups in total. The maximum absolute atomic E-state index is 13.2. The van der Waals surface area contributed by atoms with Crippen molar-refractivity contribution in [2.75, 3.05) is 10.2 Å². The summed E-state index contributed by atoms with van der Waals surface area (Å²) >= 11 is 0. The van der Waals surface area contributed by atoms with Crippen molar-refractivity contribution in [3.05, 3.63) is 71.4 Å². The molecule has 0 aromatic heterocycles. The number of allylic oxidation sites excluding steroid dienone is 1. The van der Waals surface area contributed by atoms with Crippen molar-refractivity contribution in [3.63, 3.8) is 0 Å². The van der Waals surface area contributed by atoms with Crippen LogP contribution in [0.4, 0.5) is 11.4 Å². The minimum atomic E-state index is -0.385. The summed E-state index contributed by atoms with van der Waals surface area (Å²) in [5.41, 5.74) is 4.41. The van der Waals surface area contributed by atoms with Gasteiger partial charge in [-0.3, -0.25) is 14.5 Å². The Morgan fingerprint density at radius 1 is 1.07 bits per heavy atom. The van der Waals surface area contributed by atoms with Gasteiger partial charge in [0, 0.05) is 24.1 Å². The number of ketones is 1. The quantitative estimate of drug-likeness (QED) is 0.838. The lowest BCUT2D eigenvalue weighted by molar-refractivity contribution is -0.119. The molecular weight excluding hydrogens is 336 g/mol. The number of hydrogen-bond acceptors (Lipinski definition) is 3. The Morgan fingerprint density at radius 2 is 1.81 bits per heavy atom. The predicted octanol–water partition coefficient (Wildman–Crippen LogP) is 4.99. The average molecular weight is 360 g/mol. The summed E-state index contributed by atoms with van der Waals surface area (Å²) in [7, 11) is 0. The fourth-order valence-corrected chi connectivity index (χ4v) is 4.09. The molecule has 27 heavy (non-hydrogen) atoms. The highest BCUT2D eigenvalue weighted by Gasteiger charge is 2.38. The number of anilines is 2. The zero-order valence-electron chi connectivity index (χ0n) is 15.6. The SMILES string of the molecule is CCCC(=O)N1c2ccccc2NC2=C(C(=O)CCC2)[C@H]1c1ccccc1. The normalized spacial score (nSPS) is 19.1. The first-order valence-electron chi connectivity index (χ1n) is 9.70. The van der Waals surface area contributed by atoms with E-state index in [2.05, 4.69) is 5.32 Å². The van der Waals surface area contributed by atoms with Gasteiger partial charge in [-0.1, -0.05) is 49.4 Å². The predicted molar refractivity (Wildman–Crippen MR) is 108 cm³/mol. The third-order valence-electron chi connectivity index (χ3n) is 5.28. The van der Waals surface area contributed by atoms with E-state index in [-0.39, 0.29) is 17.7 Å². The lowest BCUT2D eigenvalue weighted by Gasteiger charge is -2.34. The van der Waals surface area contributed by atoms with Crippen LogP contribution in [-0.2, 0) is 9.59 Å². The van der Waals surface area contributed by atoms with Gasteiger partial charge in [-0.05, 0) is 37.0 Å². The first-order valence-corrected chi connectivity index (χ1v) is 9.70. The molecule has 2 aliphatic rings. The summed E-state index contributed by atoms with van der Waals surface area (Å²) in [6.07, 6.45) is 3.43. The molecule has 1 amide bonds. The fourth-order valence-electron chi connectivity index (χ4n) is 4.09. The molecule has 2 aromatic rings. The van der Waals surface area contributed by atoms with Crippen LogP contribution in [0.1, 0.15) is 50.6 Å². The van der Waals surface area contributed by atoms with E-state index >= 15 is 0 Å². The van der Waals surface area contributed by atoms with Crippen molar-refractivity contribution in [2.24, 2.45) is 0 Å². The van der Waals surface area contributed by atoms with Crippen molar-refractivity contribution in [1.29, 1.82) is 0 Å². The summed E-state index contributed by atoms with van der Waals surface area (Å²) in [6, 6.07) is 17.4. The molecule has 1 aliphatic heterocycles. The molecule has 1 aliphatic carbocycles. The van der Waals surface area contributed by atoms with Gasteiger partial charge < -0.3 is 5.32 Å². The number of nitrogens with zero attached hydrogens (tertiary/aromatic N) is 1. The van der Waals surface area contributed by atoms with Gasteiger partial charge >= 0.3 is 0 Å². The van der Waals surface area contributed by atoms with Crippen molar-refractivity contribution < 1.29 is 9.59 Å². The van der Waals surface area contributed by atoms with E-state index in [0.29, 0.717) is 12.8 Å². The molecule has 4 heteroatoms. The standard InChI is InChI=1S/C23H24N2O2/c1-2-9-21(27)25-19-14-7-6-12-17(19)24-18-13-8-15-20(26)22(18)23(25)16-10-4-3-5-11-16/h3-7,10-12,14,23-24H,2,8-9,13,15H2,1H3/t23-/m1/s1. The first-order chi connectivity index (χ1) is 13.2. The molecule has 0 saturated carbocycles. The van der Waals surface area contributed by atoms with Gasteiger partial charge in [0.1, 0.15) is 0 Å². The maximum atomic E-state index is 13.2. The van der Waals surface area contributed by atoms with E-state index < -0.39 is 0 Å². The number of nitrogens with one attached hydrogen (secondary N) is 1. The maximum Gasteiger partial charge on any atom is 0.227 e. The van der Waals surface area contributed by atoms with Crippen LogP contribution in [0.2, 0.25) is 0 Å². The van der Waals surface area contributed by atoms with Crippen LogP contribution in [0.3, 0.4) is 0 Å². The number of amides is 1. The second-order valence-electron chi connectivity index (χ2n) is 7.14. The Labute approximate surface area is 159 Å². The molecule has 2 aromatic carbocycles. The number of fused-ring (bicyclic) bond motifs is 1. The van der Waals surface area contributed by atoms with E-state index in [9.17, 15) is 9.59 Å². The van der Waals surface area contributed by atoms with Gasteiger partial charge in [-0.2, -0.15) is 0 Å². The minimum absolute atomic E-state index is 0.0488. The highest BCUT2D eigenvalue weighted by Crippen LogP contribution is 2.44. The van der Waals surface area contributed by atoms with Gasteiger partial charge in [0.15, 0.2) is 5.78 Å². The molecule has 1 heterocycles. The minimum Gasteiger partial charge on any atom is -0.357 e. The summed E-state index contributed by atoms with van der Waals surface area (Å²) in [6.45, 7) is 2.01. The molecule has 138 valence electrons. The lowest BCUT2D eigenvalue weighted by atomic mass is 9.85. The second kappa shape index (κ2) is 7.39. The van der Waals surface area contributed by atoms with Crippen molar-refractivity contribution in [2.45, 2.75) is 45.1 Å². The highest BCUT2D eigenvalue weighted by molar-refractivity contribution is 6.06. The van der Waals surface area contributed by atoms with Crippen LogP contribution >= 0.6 is 0 Å². The highest BCUT2D eigenvalue weighted by atomic mass is 16.2. The second-order valence-corrected chi connectivity index (χ2v) is 7.14. The number of carbonyl (C=O) groups excluding carboxylic acids is 2. The van der Waals surface area contributed by atoms with E-state index in [1.807, 2.05) is 66.4 Å². The van der Waals surface area contributed by atoms with Crippen molar-refractivity contribution >= 4 is 23.1 Å². The summed E-state index contributed by atoms with van der Waals surface area (Å²) in [5.74, 6) is 0.187. The summed E-state index contributed by atoms with van der Waals surface area (Å²) in [5, 5.41) is 3.48. The van der Waals surface area contributed by atoms with Gasteiger partial charge in [0.05, 0.1) is 17.4 Å². The number of benzene rings is 2. The smallest absolute Gasteiger partial charge is 0.227 e. The Kier molecular flexibility index (Phi) is 4.80. The molecule has 0 bridgehead atoms. The van der Waals surface area contributed by atoms with Gasteiger partial charge in [-0.15, -0.1) is 0 Å². The molecular formula is C23H24N2O2. The molecule has 0 saturated heterocycles. The molecule has 0 spiro atoms. The zero-order valence-corrected chi connectivity index (χ0v) is 15.6. The van der Waals surface area contributed by atoms with Gasteiger partial charge in [0.25, 0.3) is 0 Å². The molecule has 4 rings (SSSR count). The average Bonchev–Trinajstić information content (AvgIpc) is 2.84. The van der Waals surface area contributed by atoms with E-state index in [1.165, 1.54) is 0 Å². The van der Waals surface area contributed by atoms with Crippen LogP contribution in [0, 0.1) is 0 Å². The Hall–Kier alpha value is -2.88. The summed E-state index contributed by atoms with van der Waals surface area (Å²) < 4.78 is 0. The van der Waals surface area contributed by atoms with Crippen LogP contribution in [0.25, 0.3) is 0 Å². The van der Waals surface area contributed by atoms with Crippen molar-refractivity contribution in [1.82, 2.24) is 0 Å². The van der Waals surface area contributed by atoms with Crippen LogP contribution in [0.5, 0.6) is 0 Å². The monoisotopic (exact) mass is 360 g/mol. The third-order valence-corrected chi connectivity index (χ3v) is 5.28. The topological polar surface area (TPSA) is 49.4 Å². The van der Waals surface area contributed by atoms with E-state index in [4.69, 9.17) is 0 Å². The number of hydrogen-bond donors (Lipinski definition) is 1. The first kappa shape index (κ1) is 17.5. The van der Waals surface area contributed by atoms with Crippen LogP contribution in [-0.4, -0.2) is 11.7 Å². The zero-order chi connectivity index (χ0) is 18.8. The molecule has 0 radical (unpaired) electrons. The largest absolute Gasteiger partial charge is 0.357 e. The summed E-state index contributed by atoms with van der Waals surface area (Å²) in [4.78, 5) is 28.1. The number of rotatable bonds is 3. The van der Waals surface area contributed by atoms with E-state index in [0.717, 1.165) is 47.5 Å². The number of para-hydroxylation sites is 2. The Morgan fingerprint density at radius 3 is 2.59 bits per heavy atom. The Bertz CT molecular complexity index is 902. The van der Waals surface area contributed by atoms with E-state index in [1.54, 1.807) is 0 Å². The fraction of sp³-hybridized carbons (Fsp3) is 0.304. The van der Waals surface area contributed by atoms with Gasteiger partial charge in [0.2, 0.25) is 5.91 Å². The van der Waals surface area contributed by atoms with Gasteiger partial charge in [-0.25, -0.2) is 0 Å². The lowest BCUT2D eigenvalue weighted by Crippen LogP contribution is -2.37. The molecule has 0 unspecified atom stereocenters. The third kappa shape index (κ3) is 3.16. The molecule has 4 nitrogen and oxygen atoms in total. The number of Topliss-reactive ketones (excluding diaryl/α,β-unsaturated/α-hetero) is 1. The van der Waals surface area contributed by atoms with Crippen molar-refractivity contribution in [3.8, 4) is 0 Å². The van der Waals surface area contributed by atoms with Crippen LogP contribution in [0.15, 0.2) is 65.9 Å².